The highest BCUT2D eigenvalue weighted by molar-refractivity contribution is 7.15. The Hall–Kier alpha value is -2.57. The van der Waals surface area contributed by atoms with Crippen molar-refractivity contribution >= 4 is 33.5 Å². The third-order valence-electron chi connectivity index (χ3n) is 3.75. The molecule has 124 valence electrons. The van der Waals surface area contributed by atoms with Crippen molar-refractivity contribution in [2.24, 2.45) is 0 Å². The molecule has 2 heterocycles. The SMILES string of the molecule is Cc1nnc(Nc2ccc(-c3nc(-c4ccccc4)sc3C)cc2)s1. The Morgan fingerprint density at radius 3 is 2.24 bits per heavy atom. The molecule has 2 aromatic heterocycles. The van der Waals surface area contributed by atoms with Crippen molar-refractivity contribution in [2.45, 2.75) is 13.8 Å². The fraction of sp³-hybridized carbons (Fsp3) is 0.105. The lowest BCUT2D eigenvalue weighted by Gasteiger charge is -2.04. The zero-order valence-corrected chi connectivity index (χ0v) is 15.5. The summed E-state index contributed by atoms with van der Waals surface area (Å²) in [4.78, 5) is 6.07. The van der Waals surface area contributed by atoms with Crippen molar-refractivity contribution in [1.29, 1.82) is 0 Å². The quantitative estimate of drug-likeness (QED) is 0.505. The molecule has 4 nitrogen and oxygen atoms in total. The first kappa shape index (κ1) is 15.9. The standard InChI is InChI=1S/C19H16N4S2/c1-12-17(21-18(24-12)15-6-4-3-5-7-15)14-8-10-16(11-9-14)20-19-23-22-13(2)25-19/h3-11H,1-2H3,(H,20,23). The predicted octanol–water partition coefficient (Wildman–Crippen LogP) is 5.69. The monoisotopic (exact) mass is 364 g/mol. The molecule has 4 rings (SSSR count). The van der Waals surface area contributed by atoms with Crippen LogP contribution in [0.1, 0.15) is 9.88 Å². The van der Waals surface area contributed by atoms with Gasteiger partial charge in [-0.05, 0) is 26.0 Å². The van der Waals surface area contributed by atoms with Crippen molar-refractivity contribution < 1.29 is 0 Å². The Morgan fingerprint density at radius 1 is 0.800 bits per heavy atom. The van der Waals surface area contributed by atoms with Gasteiger partial charge in [0, 0.05) is 21.7 Å². The fourth-order valence-corrected chi connectivity index (χ4v) is 4.10. The molecule has 0 spiro atoms. The summed E-state index contributed by atoms with van der Waals surface area (Å²) < 4.78 is 0. The minimum atomic E-state index is 0.807. The molecule has 6 heteroatoms. The smallest absolute Gasteiger partial charge is 0.210 e. The van der Waals surface area contributed by atoms with Crippen LogP contribution in [-0.4, -0.2) is 15.2 Å². The van der Waals surface area contributed by atoms with Crippen LogP contribution in [0, 0.1) is 13.8 Å². The maximum atomic E-state index is 4.85. The number of benzene rings is 2. The Bertz CT molecular complexity index is 988. The van der Waals surface area contributed by atoms with E-state index in [9.17, 15) is 0 Å². The summed E-state index contributed by atoms with van der Waals surface area (Å²) in [5.74, 6) is 0. The Balaban J connectivity index is 1.59. The topological polar surface area (TPSA) is 50.7 Å². The molecule has 0 amide bonds. The van der Waals surface area contributed by atoms with Gasteiger partial charge in [0.25, 0.3) is 0 Å². The van der Waals surface area contributed by atoms with E-state index in [-0.39, 0.29) is 0 Å². The number of thiazole rings is 1. The average Bonchev–Trinajstić information content (AvgIpc) is 3.22. The molecule has 25 heavy (non-hydrogen) atoms. The summed E-state index contributed by atoms with van der Waals surface area (Å²) in [6, 6.07) is 18.6. The van der Waals surface area contributed by atoms with E-state index in [1.807, 2.05) is 37.3 Å². The number of aryl methyl sites for hydroxylation is 2. The molecule has 2 aromatic carbocycles. The highest BCUT2D eigenvalue weighted by atomic mass is 32.1. The van der Waals surface area contributed by atoms with E-state index in [0.29, 0.717) is 0 Å². The molecule has 0 radical (unpaired) electrons. The first-order valence-electron chi connectivity index (χ1n) is 7.89. The number of aromatic nitrogens is 3. The van der Waals surface area contributed by atoms with Crippen LogP contribution >= 0.6 is 22.7 Å². The third-order valence-corrected chi connectivity index (χ3v) is 5.53. The van der Waals surface area contributed by atoms with Gasteiger partial charge in [-0.25, -0.2) is 4.98 Å². The van der Waals surface area contributed by atoms with Gasteiger partial charge >= 0.3 is 0 Å². The largest absolute Gasteiger partial charge is 0.330 e. The van der Waals surface area contributed by atoms with E-state index in [0.717, 1.165) is 37.7 Å². The summed E-state index contributed by atoms with van der Waals surface area (Å²) in [7, 11) is 0. The normalized spacial score (nSPS) is 10.8. The zero-order valence-electron chi connectivity index (χ0n) is 13.9. The molecule has 1 N–H and O–H groups in total. The van der Waals surface area contributed by atoms with Gasteiger partial charge in [-0.2, -0.15) is 0 Å². The summed E-state index contributed by atoms with van der Waals surface area (Å²) >= 11 is 3.27. The maximum absolute atomic E-state index is 4.85. The minimum absolute atomic E-state index is 0.807. The van der Waals surface area contributed by atoms with Gasteiger partial charge in [0.1, 0.15) is 10.0 Å². The van der Waals surface area contributed by atoms with Gasteiger partial charge < -0.3 is 5.32 Å². The molecule has 0 aliphatic heterocycles. The Labute approximate surface area is 154 Å². The molecule has 0 saturated carbocycles. The summed E-state index contributed by atoms with van der Waals surface area (Å²) in [6.07, 6.45) is 0. The predicted molar refractivity (Wildman–Crippen MR) is 106 cm³/mol. The maximum Gasteiger partial charge on any atom is 0.210 e. The number of rotatable bonds is 4. The van der Waals surface area contributed by atoms with E-state index in [2.05, 4.69) is 46.7 Å². The van der Waals surface area contributed by atoms with Crippen LogP contribution in [0.3, 0.4) is 0 Å². The lowest BCUT2D eigenvalue weighted by atomic mass is 10.1. The van der Waals surface area contributed by atoms with E-state index in [1.165, 1.54) is 4.88 Å². The van der Waals surface area contributed by atoms with Crippen molar-refractivity contribution in [3.05, 3.63) is 64.5 Å². The lowest BCUT2D eigenvalue weighted by Crippen LogP contribution is -1.89. The fourth-order valence-electron chi connectivity index (χ4n) is 2.55. The Kier molecular flexibility index (Phi) is 4.29. The number of nitrogens with one attached hydrogen (secondary N) is 1. The average molecular weight is 364 g/mol. The van der Waals surface area contributed by atoms with Gasteiger partial charge in [-0.3, -0.25) is 0 Å². The second-order valence-electron chi connectivity index (χ2n) is 5.62. The lowest BCUT2D eigenvalue weighted by molar-refractivity contribution is 1.05. The van der Waals surface area contributed by atoms with Gasteiger partial charge in [-0.15, -0.1) is 21.5 Å². The number of nitrogens with zero attached hydrogens (tertiary/aromatic N) is 3. The second kappa shape index (κ2) is 6.74. The van der Waals surface area contributed by atoms with E-state index in [1.54, 1.807) is 22.7 Å². The van der Waals surface area contributed by atoms with Crippen LogP contribution in [0.25, 0.3) is 21.8 Å². The summed E-state index contributed by atoms with van der Waals surface area (Å²) in [6.45, 7) is 4.07. The molecule has 0 bridgehead atoms. The van der Waals surface area contributed by atoms with Gasteiger partial charge in [0.2, 0.25) is 5.13 Å². The first-order valence-corrected chi connectivity index (χ1v) is 9.53. The van der Waals surface area contributed by atoms with Crippen LogP contribution in [-0.2, 0) is 0 Å². The van der Waals surface area contributed by atoms with Crippen LogP contribution in [0.15, 0.2) is 54.6 Å². The van der Waals surface area contributed by atoms with Crippen molar-refractivity contribution in [1.82, 2.24) is 15.2 Å². The van der Waals surface area contributed by atoms with Crippen molar-refractivity contribution in [2.75, 3.05) is 5.32 Å². The molecule has 0 atom stereocenters. The van der Waals surface area contributed by atoms with E-state index < -0.39 is 0 Å². The van der Waals surface area contributed by atoms with Crippen molar-refractivity contribution in [3.8, 4) is 21.8 Å². The van der Waals surface area contributed by atoms with Crippen LogP contribution in [0.5, 0.6) is 0 Å². The Morgan fingerprint density at radius 2 is 1.56 bits per heavy atom. The van der Waals surface area contributed by atoms with Gasteiger partial charge in [0.15, 0.2) is 0 Å². The molecule has 0 aliphatic carbocycles. The summed E-state index contributed by atoms with van der Waals surface area (Å²) in [5, 5.41) is 14.2. The zero-order chi connectivity index (χ0) is 17.2. The molecule has 0 saturated heterocycles. The van der Waals surface area contributed by atoms with E-state index in [4.69, 9.17) is 4.98 Å². The highest BCUT2D eigenvalue weighted by Gasteiger charge is 2.11. The molecule has 0 fully saturated rings. The minimum Gasteiger partial charge on any atom is -0.330 e. The van der Waals surface area contributed by atoms with E-state index >= 15 is 0 Å². The number of anilines is 2. The van der Waals surface area contributed by atoms with Gasteiger partial charge in [-0.1, -0.05) is 53.8 Å². The highest BCUT2D eigenvalue weighted by Crippen LogP contribution is 2.33. The molecular weight excluding hydrogens is 348 g/mol. The van der Waals surface area contributed by atoms with Crippen LogP contribution < -0.4 is 5.32 Å². The van der Waals surface area contributed by atoms with Crippen LogP contribution in [0.2, 0.25) is 0 Å². The molecule has 0 unspecified atom stereocenters. The summed E-state index contributed by atoms with van der Waals surface area (Å²) in [5.41, 5.74) is 4.32. The second-order valence-corrected chi connectivity index (χ2v) is 8.00. The molecule has 4 aromatic rings. The van der Waals surface area contributed by atoms with Crippen LogP contribution in [0.4, 0.5) is 10.8 Å². The molecule has 0 aliphatic rings. The number of hydrogen-bond donors (Lipinski definition) is 1. The van der Waals surface area contributed by atoms with Crippen molar-refractivity contribution in [3.63, 3.8) is 0 Å². The van der Waals surface area contributed by atoms with Gasteiger partial charge in [0.05, 0.1) is 5.69 Å². The third kappa shape index (κ3) is 3.45. The first-order chi connectivity index (χ1) is 12.2. The molecular formula is C19H16N4S2. The number of hydrogen-bond acceptors (Lipinski definition) is 6.